The van der Waals surface area contributed by atoms with Crippen LogP contribution in [0.3, 0.4) is 0 Å². The van der Waals surface area contributed by atoms with Crippen LogP contribution < -0.4 is 5.32 Å². The summed E-state index contributed by atoms with van der Waals surface area (Å²) in [6.07, 6.45) is 0. The minimum Gasteiger partial charge on any atom is -0.307 e. The van der Waals surface area contributed by atoms with E-state index < -0.39 is 0 Å². The van der Waals surface area contributed by atoms with Crippen molar-refractivity contribution in [1.82, 2.24) is 10.3 Å². The van der Waals surface area contributed by atoms with Crippen molar-refractivity contribution in [2.75, 3.05) is 0 Å². The highest BCUT2D eigenvalue weighted by Crippen LogP contribution is 2.15. The van der Waals surface area contributed by atoms with E-state index in [9.17, 15) is 0 Å². The molecular formula is C11H11BrN2S. The minimum atomic E-state index is 0.824. The van der Waals surface area contributed by atoms with E-state index >= 15 is 0 Å². The Hall–Kier alpha value is -0.710. The lowest BCUT2D eigenvalue weighted by molar-refractivity contribution is 0.681. The van der Waals surface area contributed by atoms with Crippen molar-refractivity contribution in [1.29, 1.82) is 0 Å². The lowest BCUT2D eigenvalue weighted by Gasteiger charge is -2.04. The van der Waals surface area contributed by atoms with Crippen LogP contribution in [0.5, 0.6) is 0 Å². The van der Waals surface area contributed by atoms with E-state index in [2.05, 4.69) is 43.7 Å². The first-order valence-corrected chi connectivity index (χ1v) is 6.41. The Morgan fingerprint density at radius 1 is 1.27 bits per heavy atom. The number of nitrogens with zero attached hydrogens (tertiary/aromatic N) is 1. The maximum Gasteiger partial charge on any atom is 0.0795 e. The van der Waals surface area contributed by atoms with Crippen LogP contribution in [0.25, 0.3) is 0 Å². The van der Waals surface area contributed by atoms with Gasteiger partial charge in [0.15, 0.2) is 0 Å². The first-order chi connectivity index (χ1) is 7.36. The first-order valence-electron chi connectivity index (χ1n) is 4.67. The molecular weight excluding hydrogens is 272 g/mol. The Morgan fingerprint density at radius 2 is 2.13 bits per heavy atom. The molecule has 2 nitrogen and oxygen atoms in total. The summed E-state index contributed by atoms with van der Waals surface area (Å²) < 4.78 is 1.15. The van der Waals surface area contributed by atoms with Crippen LogP contribution in [0.2, 0.25) is 0 Å². The van der Waals surface area contributed by atoms with Crippen LogP contribution in [-0.2, 0) is 13.1 Å². The molecule has 0 saturated carbocycles. The fourth-order valence-corrected chi connectivity index (χ4v) is 2.28. The monoisotopic (exact) mass is 282 g/mol. The molecule has 78 valence electrons. The number of nitrogens with one attached hydrogen (secondary N) is 1. The zero-order valence-electron chi connectivity index (χ0n) is 8.11. The highest BCUT2D eigenvalue weighted by molar-refractivity contribution is 9.10. The number of thiazole rings is 1. The average molecular weight is 283 g/mol. The Morgan fingerprint density at radius 3 is 2.87 bits per heavy atom. The topological polar surface area (TPSA) is 24.9 Å². The molecule has 15 heavy (non-hydrogen) atoms. The summed E-state index contributed by atoms with van der Waals surface area (Å²) in [4.78, 5) is 4.21. The Kier molecular flexibility index (Phi) is 3.88. The smallest absolute Gasteiger partial charge is 0.0795 e. The van der Waals surface area contributed by atoms with E-state index in [0.717, 1.165) is 23.3 Å². The van der Waals surface area contributed by atoms with E-state index in [1.54, 1.807) is 11.3 Å². The number of rotatable bonds is 4. The van der Waals surface area contributed by atoms with Crippen molar-refractivity contribution >= 4 is 27.3 Å². The van der Waals surface area contributed by atoms with Crippen molar-refractivity contribution in [3.8, 4) is 0 Å². The van der Waals surface area contributed by atoms with Crippen LogP contribution >= 0.6 is 27.3 Å². The quantitative estimate of drug-likeness (QED) is 0.932. The van der Waals surface area contributed by atoms with E-state index in [1.165, 1.54) is 5.56 Å². The van der Waals surface area contributed by atoms with Crippen LogP contribution in [0.1, 0.15) is 11.3 Å². The number of aromatic nitrogens is 1. The molecule has 0 spiro atoms. The van der Waals surface area contributed by atoms with Gasteiger partial charge >= 0.3 is 0 Å². The predicted molar refractivity (Wildman–Crippen MR) is 66.8 cm³/mol. The molecule has 4 heteroatoms. The molecule has 0 radical (unpaired) electrons. The van der Waals surface area contributed by atoms with Gasteiger partial charge < -0.3 is 5.32 Å². The normalized spacial score (nSPS) is 10.5. The zero-order chi connectivity index (χ0) is 10.5. The standard InChI is InChI=1S/C11H11BrN2S/c12-11-4-2-1-3-9(11)5-13-6-10-7-15-8-14-10/h1-4,7-8,13H,5-6H2. The van der Waals surface area contributed by atoms with Crippen molar-refractivity contribution in [3.05, 3.63) is 50.9 Å². The van der Waals surface area contributed by atoms with Gasteiger partial charge in [0.25, 0.3) is 0 Å². The fraction of sp³-hybridized carbons (Fsp3) is 0.182. The number of hydrogen-bond donors (Lipinski definition) is 1. The van der Waals surface area contributed by atoms with E-state index in [1.807, 2.05) is 17.6 Å². The summed E-state index contributed by atoms with van der Waals surface area (Å²) in [6.45, 7) is 1.68. The van der Waals surface area contributed by atoms with E-state index in [-0.39, 0.29) is 0 Å². The third-order valence-corrected chi connectivity index (χ3v) is 3.47. The van der Waals surface area contributed by atoms with Gasteiger partial charge in [-0.05, 0) is 11.6 Å². The van der Waals surface area contributed by atoms with Crippen LogP contribution in [0.4, 0.5) is 0 Å². The average Bonchev–Trinajstić information content (AvgIpc) is 2.74. The lowest BCUT2D eigenvalue weighted by Crippen LogP contribution is -2.13. The van der Waals surface area contributed by atoms with Gasteiger partial charge in [-0.15, -0.1) is 11.3 Å². The summed E-state index contributed by atoms with van der Waals surface area (Å²) in [7, 11) is 0. The van der Waals surface area contributed by atoms with Gasteiger partial charge in [0.05, 0.1) is 11.2 Å². The second-order valence-electron chi connectivity index (χ2n) is 3.17. The van der Waals surface area contributed by atoms with Gasteiger partial charge in [0.1, 0.15) is 0 Å². The van der Waals surface area contributed by atoms with Gasteiger partial charge in [-0.2, -0.15) is 0 Å². The molecule has 0 atom stereocenters. The molecule has 1 aromatic carbocycles. The molecule has 1 aromatic heterocycles. The van der Waals surface area contributed by atoms with Crippen LogP contribution in [0, 0.1) is 0 Å². The highest BCUT2D eigenvalue weighted by atomic mass is 79.9. The van der Waals surface area contributed by atoms with Gasteiger partial charge in [-0.3, -0.25) is 0 Å². The molecule has 1 N–H and O–H groups in total. The molecule has 1 heterocycles. The van der Waals surface area contributed by atoms with Crippen molar-refractivity contribution in [2.45, 2.75) is 13.1 Å². The Bertz CT molecular complexity index is 414. The van der Waals surface area contributed by atoms with Crippen molar-refractivity contribution in [3.63, 3.8) is 0 Å². The third-order valence-electron chi connectivity index (χ3n) is 2.06. The maximum absolute atomic E-state index is 4.21. The molecule has 0 aliphatic heterocycles. The van der Waals surface area contributed by atoms with Crippen LogP contribution in [-0.4, -0.2) is 4.98 Å². The first kappa shape index (κ1) is 10.8. The summed E-state index contributed by atoms with van der Waals surface area (Å²) in [5.74, 6) is 0. The molecule has 0 saturated heterocycles. The summed E-state index contributed by atoms with van der Waals surface area (Å²) >= 11 is 5.15. The Labute approximate surface area is 101 Å². The third kappa shape index (κ3) is 3.12. The molecule has 0 amide bonds. The summed E-state index contributed by atoms with van der Waals surface area (Å²) in [6, 6.07) is 8.23. The predicted octanol–water partition coefficient (Wildman–Crippen LogP) is 3.20. The summed E-state index contributed by atoms with van der Waals surface area (Å²) in [5.41, 5.74) is 4.23. The number of halogens is 1. The molecule has 0 bridgehead atoms. The van der Waals surface area contributed by atoms with Gasteiger partial charge in [-0.1, -0.05) is 34.1 Å². The lowest BCUT2D eigenvalue weighted by atomic mass is 10.2. The second kappa shape index (κ2) is 5.39. The van der Waals surface area contributed by atoms with Gasteiger partial charge in [0, 0.05) is 22.9 Å². The zero-order valence-corrected chi connectivity index (χ0v) is 10.5. The Balaban J connectivity index is 1.86. The molecule has 0 unspecified atom stereocenters. The minimum absolute atomic E-state index is 0.824. The van der Waals surface area contributed by atoms with Gasteiger partial charge in [-0.25, -0.2) is 4.98 Å². The fourth-order valence-electron chi connectivity index (χ4n) is 1.29. The molecule has 2 aromatic rings. The van der Waals surface area contributed by atoms with Gasteiger partial charge in [0.2, 0.25) is 0 Å². The number of hydrogen-bond acceptors (Lipinski definition) is 3. The summed E-state index contributed by atoms with van der Waals surface area (Å²) in [5, 5.41) is 5.42. The molecule has 0 fully saturated rings. The molecule has 0 aliphatic carbocycles. The second-order valence-corrected chi connectivity index (χ2v) is 4.75. The maximum atomic E-state index is 4.21. The number of benzene rings is 1. The van der Waals surface area contributed by atoms with Crippen LogP contribution in [0.15, 0.2) is 39.6 Å². The van der Waals surface area contributed by atoms with E-state index in [0.29, 0.717) is 0 Å². The molecule has 0 aliphatic rings. The highest BCUT2D eigenvalue weighted by Gasteiger charge is 1.98. The van der Waals surface area contributed by atoms with Crippen molar-refractivity contribution in [2.24, 2.45) is 0 Å². The largest absolute Gasteiger partial charge is 0.307 e. The van der Waals surface area contributed by atoms with Crippen molar-refractivity contribution < 1.29 is 0 Å². The molecule has 2 rings (SSSR count). The SMILES string of the molecule is Brc1ccccc1CNCc1cscn1. The van der Waals surface area contributed by atoms with E-state index in [4.69, 9.17) is 0 Å².